The molecule has 2 aliphatic rings. The van der Waals surface area contributed by atoms with Crippen LogP contribution in [0.3, 0.4) is 0 Å². The minimum absolute atomic E-state index is 0.0131. The number of hydrogen-bond donors (Lipinski definition) is 0. The predicted octanol–water partition coefficient (Wildman–Crippen LogP) is 9.88. The van der Waals surface area contributed by atoms with Crippen molar-refractivity contribution in [1.82, 2.24) is 0 Å². The minimum Gasteiger partial charge on any atom is -0.487 e. The van der Waals surface area contributed by atoms with Crippen LogP contribution >= 0.6 is 0 Å². The lowest BCUT2D eigenvalue weighted by Crippen LogP contribution is -2.11. The molecule has 0 heterocycles. The maximum atomic E-state index is 15.0. The van der Waals surface area contributed by atoms with Crippen molar-refractivity contribution in [2.75, 3.05) is 6.61 Å². The number of allylic oxidation sites excluding steroid dienone is 15. The van der Waals surface area contributed by atoms with E-state index in [4.69, 9.17) is 4.74 Å². The zero-order valence-electron chi connectivity index (χ0n) is 21.2. The Morgan fingerprint density at radius 1 is 0.944 bits per heavy atom. The molecule has 0 radical (unpaired) electrons. The average molecular weight is 493 g/mol. The first-order valence-corrected chi connectivity index (χ1v) is 11.9. The minimum atomic E-state index is -1.27. The molecule has 0 bridgehead atoms. The molecule has 2 aliphatic carbocycles. The van der Waals surface area contributed by atoms with Crippen molar-refractivity contribution in [1.29, 1.82) is 0 Å². The standard InChI is InChI=1S/C32H35F3O/c1-9-16-36-26(8)32(35)31(34)24(6)22(4)12-11-21(3)23(5)18-30(33)25(7)27-14-15-28-17-20(2)10-13-29(28)19-27/h9,11-12,18-20H,1,3-8,10,13-17H2,2H3/b12-11-,30-18+,32-31-. The lowest BCUT2D eigenvalue weighted by molar-refractivity contribution is 0.241. The molecule has 2 rings (SSSR count). The van der Waals surface area contributed by atoms with E-state index in [1.165, 1.54) is 35.5 Å². The van der Waals surface area contributed by atoms with E-state index >= 15 is 0 Å². The van der Waals surface area contributed by atoms with E-state index < -0.39 is 23.2 Å². The van der Waals surface area contributed by atoms with Crippen molar-refractivity contribution in [2.24, 2.45) is 5.92 Å². The molecule has 0 aromatic carbocycles. The van der Waals surface area contributed by atoms with Crippen LogP contribution in [0.25, 0.3) is 0 Å². The summed E-state index contributed by atoms with van der Waals surface area (Å²) in [5.74, 6) is -2.76. The lowest BCUT2D eigenvalue weighted by Gasteiger charge is -2.28. The largest absolute Gasteiger partial charge is 0.487 e. The van der Waals surface area contributed by atoms with E-state index in [9.17, 15) is 13.2 Å². The first-order chi connectivity index (χ1) is 17.0. The van der Waals surface area contributed by atoms with Gasteiger partial charge in [-0.1, -0.05) is 82.9 Å². The highest BCUT2D eigenvalue weighted by molar-refractivity contribution is 5.55. The molecule has 0 fully saturated rings. The average Bonchev–Trinajstić information content (AvgIpc) is 2.87. The Morgan fingerprint density at radius 2 is 1.61 bits per heavy atom. The van der Waals surface area contributed by atoms with Crippen LogP contribution in [-0.2, 0) is 4.74 Å². The molecule has 0 N–H and O–H groups in total. The van der Waals surface area contributed by atoms with Gasteiger partial charge in [0.1, 0.15) is 12.4 Å². The highest BCUT2D eigenvalue weighted by atomic mass is 19.2. The summed E-state index contributed by atoms with van der Waals surface area (Å²) in [4.78, 5) is 0. The second-order valence-corrected chi connectivity index (χ2v) is 9.16. The Balaban J connectivity index is 2.04. The van der Waals surface area contributed by atoms with Crippen LogP contribution < -0.4 is 0 Å². The van der Waals surface area contributed by atoms with Crippen molar-refractivity contribution in [3.05, 3.63) is 144 Å². The molecular weight excluding hydrogens is 457 g/mol. The Kier molecular flexibility index (Phi) is 10.3. The van der Waals surface area contributed by atoms with Gasteiger partial charge in [0, 0.05) is 11.1 Å². The van der Waals surface area contributed by atoms with E-state index in [-0.39, 0.29) is 17.8 Å². The lowest BCUT2D eigenvalue weighted by atomic mass is 9.78. The summed E-state index contributed by atoms with van der Waals surface area (Å²) in [5.41, 5.74) is 4.56. The third-order valence-electron chi connectivity index (χ3n) is 6.34. The van der Waals surface area contributed by atoms with Crippen LogP contribution in [0.2, 0.25) is 0 Å². The van der Waals surface area contributed by atoms with Gasteiger partial charge in [0.2, 0.25) is 5.83 Å². The second-order valence-electron chi connectivity index (χ2n) is 9.16. The zero-order valence-corrected chi connectivity index (χ0v) is 21.2. The molecule has 190 valence electrons. The predicted molar refractivity (Wildman–Crippen MR) is 146 cm³/mol. The molecule has 4 heteroatoms. The third kappa shape index (κ3) is 7.48. The van der Waals surface area contributed by atoms with Crippen molar-refractivity contribution in [2.45, 2.75) is 39.0 Å². The summed E-state index contributed by atoms with van der Waals surface area (Å²) in [6.07, 6.45) is 12.6. The fourth-order valence-electron chi connectivity index (χ4n) is 3.99. The molecule has 0 saturated heterocycles. The van der Waals surface area contributed by atoms with Gasteiger partial charge in [-0.3, -0.25) is 0 Å². The van der Waals surface area contributed by atoms with Gasteiger partial charge in [-0.05, 0) is 72.0 Å². The molecule has 0 aromatic rings. The van der Waals surface area contributed by atoms with Crippen LogP contribution in [0.4, 0.5) is 13.2 Å². The fourth-order valence-corrected chi connectivity index (χ4v) is 3.99. The van der Waals surface area contributed by atoms with Gasteiger partial charge in [0.05, 0.1) is 0 Å². The molecule has 1 atom stereocenters. The van der Waals surface area contributed by atoms with E-state index in [0.717, 1.165) is 37.7 Å². The highest BCUT2D eigenvalue weighted by Crippen LogP contribution is 2.39. The zero-order chi connectivity index (χ0) is 27.0. The number of ether oxygens (including phenoxy) is 1. The van der Waals surface area contributed by atoms with Gasteiger partial charge in [-0.15, -0.1) is 0 Å². The first-order valence-electron chi connectivity index (χ1n) is 11.9. The van der Waals surface area contributed by atoms with Gasteiger partial charge in [-0.2, -0.15) is 4.39 Å². The first kappa shape index (κ1) is 28.7. The van der Waals surface area contributed by atoms with Crippen LogP contribution in [0, 0.1) is 5.92 Å². The van der Waals surface area contributed by atoms with Crippen LogP contribution in [0.15, 0.2) is 144 Å². The molecule has 1 nitrogen and oxygen atoms in total. The third-order valence-corrected chi connectivity index (χ3v) is 6.34. The van der Waals surface area contributed by atoms with Gasteiger partial charge in [0.25, 0.3) is 0 Å². The number of rotatable bonds is 12. The van der Waals surface area contributed by atoms with Gasteiger partial charge >= 0.3 is 0 Å². The molecule has 0 aromatic heterocycles. The van der Waals surface area contributed by atoms with Crippen LogP contribution in [0.1, 0.15) is 39.0 Å². The Morgan fingerprint density at radius 3 is 2.28 bits per heavy atom. The summed E-state index contributed by atoms with van der Waals surface area (Å²) in [5, 5.41) is 0. The molecule has 1 unspecified atom stereocenters. The van der Waals surface area contributed by atoms with Gasteiger partial charge < -0.3 is 4.74 Å². The van der Waals surface area contributed by atoms with Crippen LogP contribution in [-0.4, -0.2) is 6.61 Å². The van der Waals surface area contributed by atoms with Crippen LogP contribution in [0.5, 0.6) is 0 Å². The molecule has 0 spiro atoms. The summed E-state index contributed by atoms with van der Waals surface area (Å²) in [6.45, 7) is 27.9. The maximum absolute atomic E-state index is 15.0. The van der Waals surface area contributed by atoms with Gasteiger partial charge in [-0.25, -0.2) is 8.78 Å². The number of hydrogen-bond acceptors (Lipinski definition) is 1. The topological polar surface area (TPSA) is 9.23 Å². The maximum Gasteiger partial charge on any atom is 0.200 e. The molecule has 0 saturated carbocycles. The van der Waals surface area contributed by atoms with E-state index in [2.05, 4.69) is 59.1 Å². The SMILES string of the molecule is C=CCOC(=C)/C(F)=C(/F)C(=C)C(=C)/C=C\C(=C)C(=C)/C=C(/F)C(=C)C1=CC2=C(CC1)CC(C)CC2. The van der Waals surface area contributed by atoms with E-state index in [1.54, 1.807) is 0 Å². The quantitative estimate of drug-likeness (QED) is 0.150. The Hall–Kier alpha value is -3.53. The Bertz CT molecular complexity index is 1160. The van der Waals surface area contributed by atoms with Crippen molar-refractivity contribution >= 4 is 0 Å². The van der Waals surface area contributed by atoms with Crippen molar-refractivity contribution in [3.63, 3.8) is 0 Å². The number of halogens is 3. The summed E-state index contributed by atoms with van der Waals surface area (Å²) >= 11 is 0. The van der Waals surface area contributed by atoms with E-state index in [0.29, 0.717) is 22.6 Å². The highest BCUT2D eigenvalue weighted by Gasteiger charge is 2.22. The normalized spacial score (nSPS) is 18.6. The van der Waals surface area contributed by atoms with Crippen molar-refractivity contribution < 1.29 is 17.9 Å². The summed E-state index contributed by atoms with van der Waals surface area (Å²) < 4.78 is 48.4. The fraction of sp³-hybridized carbons (Fsp3) is 0.250. The molecule has 0 aliphatic heterocycles. The monoisotopic (exact) mass is 492 g/mol. The molecule has 36 heavy (non-hydrogen) atoms. The summed E-state index contributed by atoms with van der Waals surface area (Å²) in [6, 6.07) is 0. The second kappa shape index (κ2) is 13.0. The van der Waals surface area contributed by atoms with Crippen molar-refractivity contribution in [3.8, 4) is 0 Å². The van der Waals surface area contributed by atoms with E-state index in [1.807, 2.05) is 0 Å². The van der Waals surface area contributed by atoms with Gasteiger partial charge in [0.15, 0.2) is 11.6 Å². The summed E-state index contributed by atoms with van der Waals surface area (Å²) in [7, 11) is 0. The Labute approximate surface area is 213 Å². The molecule has 0 amide bonds. The smallest absolute Gasteiger partial charge is 0.200 e. The molecular formula is C32H35F3O.